The molecular formula is C20H21F4N5O4. The standard InChI is InChI=1S/C20H21F4N5O4/c21-9-2-1-3-15-16(18(31)26-14-8-10-33-19(14)32)27-28-29(15)13-6-4-12(5-7-13)17(30)25-11-20(22,23)24/h4-7,14H,1-3,8-11H2,(H,25,30)(H,26,31). The van der Waals surface area contributed by atoms with E-state index in [4.69, 9.17) is 4.74 Å². The lowest BCUT2D eigenvalue weighted by Crippen LogP contribution is -2.38. The Morgan fingerprint density at radius 2 is 1.88 bits per heavy atom. The lowest BCUT2D eigenvalue weighted by Gasteiger charge is -2.11. The molecule has 1 aliphatic heterocycles. The van der Waals surface area contributed by atoms with E-state index < -0.39 is 43.2 Å². The van der Waals surface area contributed by atoms with Gasteiger partial charge in [0.05, 0.1) is 24.7 Å². The molecule has 13 heteroatoms. The van der Waals surface area contributed by atoms with Crippen LogP contribution in [0.5, 0.6) is 0 Å². The van der Waals surface area contributed by atoms with Gasteiger partial charge < -0.3 is 15.4 Å². The predicted molar refractivity (Wildman–Crippen MR) is 105 cm³/mol. The van der Waals surface area contributed by atoms with Crippen molar-refractivity contribution in [3.63, 3.8) is 0 Å². The Morgan fingerprint density at radius 1 is 1.15 bits per heavy atom. The number of cyclic esters (lactones) is 1. The maximum Gasteiger partial charge on any atom is 0.405 e. The van der Waals surface area contributed by atoms with Crippen LogP contribution in [0.15, 0.2) is 24.3 Å². The summed E-state index contributed by atoms with van der Waals surface area (Å²) < 4.78 is 55.6. The van der Waals surface area contributed by atoms with E-state index in [1.807, 2.05) is 0 Å². The number of nitrogens with zero attached hydrogens (tertiary/aromatic N) is 3. The van der Waals surface area contributed by atoms with Crippen LogP contribution in [0.4, 0.5) is 17.6 Å². The molecule has 1 saturated heterocycles. The largest absolute Gasteiger partial charge is 0.464 e. The van der Waals surface area contributed by atoms with Gasteiger partial charge in [0.1, 0.15) is 12.6 Å². The second-order valence-corrected chi connectivity index (χ2v) is 7.27. The normalized spacial score (nSPS) is 15.9. The first-order valence-electron chi connectivity index (χ1n) is 10.1. The fraction of sp³-hybridized carbons (Fsp3) is 0.450. The molecule has 0 radical (unpaired) electrons. The van der Waals surface area contributed by atoms with Gasteiger partial charge >= 0.3 is 12.1 Å². The number of ether oxygens (including phenoxy) is 1. The van der Waals surface area contributed by atoms with Crippen LogP contribution in [0, 0.1) is 0 Å². The molecule has 178 valence electrons. The first-order valence-corrected chi connectivity index (χ1v) is 10.1. The fourth-order valence-corrected chi connectivity index (χ4v) is 3.19. The average molecular weight is 471 g/mol. The number of carbonyl (C=O) groups excluding carboxylic acids is 3. The Hall–Kier alpha value is -3.51. The smallest absolute Gasteiger partial charge is 0.405 e. The second kappa shape index (κ2) is 10.4. The number of aromatic nitrogens is 3. The molecule has 1 aliphatic rings. The summed E-state index contributed by atoms with van der Waals surface area (Å²) in [5.74, 6) is -2.08. The Bertz CT molecular complexity index is 1010. The maximum absolute atomic E-state index is 12.7. The number of esters is 1. The number of hydrogen-bond donors (Lipinski definition) is 2. The van der Waals surface area contributed by atoms with Crippen molar-refractivity contribution in [1.82, 2.24) is 25.6 Å². The topological polar surface area (TPSA) is 115 Å². The quantitative estimate of drug-likeness (QED) is 0.328. The number of carbonyl (C=O) groups is 3. The Morgan fingerprint density at radius 3 is 2.48 bits per heavy atom. The van der Waals surface area contributed by atoms with Crippen molar-refractivity contribution in [3.8, 4) is 5.69 Å². The zero-order valence-electron chi connectivity index (χ0n) is 17.3. The molecule has 1 atom stereocenters. The van der Waals surface area contributed by atoms with Gasteiger partial charge in [0.15, 0.2) is 5.69 Å². The van der Waals surface area contributed by atoms with E-state index in [2.05, 4.69) is 15.6 Å². The predicted octanol–water partition coefficient (Wildman–Crippen LogP) is 1.90. The molecule has 1 fully saturated rings. The molecule has 0 aliphatic carbocycles. The van der Waals surface area contributed by atoms with Crippen molar-refractivity contribution in [3.05, 3.63) is 41.2 Å². The van der Waals surface area contributed by atoms with Gasteiger partial charge in [0.25, 0.3) is 11.8 Å². The van der Waals surface area contributed by atoms with E-state index in [9.17, 15) is 31.9 Å². The van der Waals surface area contributed by atoms with Gasteiger partial charge in [0.2, 0.25) is 0 Å². The van der Waals surface area contributed by atoms with Crippen molar-refractivity contribution in [1.29, 1.82) is 0 Å². The summed E-state index contributed by atoms with van der Waals surface area (Å²) in [7, 11) is 0. The minimum atomic E-state index is -4.53. The first-order chi connectivity index (χ1) is 15.7. The number of hydrogen-bond acceptors (Lipinski definition) is 6. The summed E-state index contributed by atoms with van der Waals surface area (Å²) in [5.41, 5.74) is 0.714. The lowest BCUT2D eigenvalue weighted by molar-refractivity contribution is -0.139. The van der Waals surface area contributed by atoms with Gasteiger partial charge in [-0.1, -0.05) is 5.21 Å². The summed E-state index contributed by atoms with van der Waals surface area (Å²) in [6.07, 6.45) is -3.31. The summed E-state index contributed by atoms with van der Waals surface area (Å²) in [4.78, 5) is 36.2. The number of halogens is 4. The van der Waals surface area contributed by atoms with Gasteiger partial charge in [-0.2, -0.15) is 13.2 Å². The summed E-state index contributed by atoms with van der Waals surface area (Å²) in [6.45, 7) is -1.80. The van der Waals surface area contributed by atoms with Crippen LogP contribution in [-0.4, -0.2) is 64.8 Å². The molecule has 1 unspecified atom stereocenters. The number of alkyl halides is 4. The van der Waals surface area contributed by atoms with Crippen molar-refractivity contribution >= 4 is 17.8 Å². The number of rotatable bonds is 9. The second-order valence-electron chi connectivity index (χ2n) is 7.27. The molecule has 2 amide bonds. The van der Waals surface area contributed by atoms with E-state index in [0.717, 1.165) is 0 Å². The van der Waals surface area contributed by atoms with Gasteiger partial charge in [-0.15, -0.1) is 5.10 Å². The molecule has 9 nitrogen and oxygen atoms in total. The van der Waals surface area contributed by atoms with Crippen LogP contribution < -0.4 is 10.6 Å². The molecule has 0 spiro atoms. The van der Waals surface area contributed by atoms with Crippen LogP contribution in [-0.2, 0) is 16.0 Å². The third-order valence-electron chi connectivity index (χ3n) is 4.84. The first kappa shape index (κ1) is 24.1. The van der Waals surface area contributed by atoms with Crippen LogP contribution in [0.25, 0.3) is 5.69 Å². The van der Waals surface area contributed by atoms with Crippen LogP contribution >= 0.6 is 0 Å². The number of benzene rings is 1. The molecule has 33 heavy (non-hydrogen) atoms. The van der Waals surface area contributed by atoms with Crippen molar-refractivity contribution in [2.45, 2.75) is 37.9 Å². The molecule has 2 aromatic rings. The Balaban J connectivity index is 1.80. The third kappa shape index (κ3) is 6.26. The molecule has 1 aromatic carbocycles. The van der Waals surface area contributed by atoms with E-state index in [0.29, 0.717) is 24.2 Å². The molecule has 2 heterocycles. The molecule has 2 N–H and O–H groups in total. The van der Waals surface area contributed by atoms with Crippen LogP contribution in [0.3, 0.4) is 0 Å². The third-order valence-corrected chi connectivity index (χ3v) is 4.84. The maximum atomic E-state index is 12.7. The number of nitrogens with one attached hydrogen (secondary N) is 2. The van der Waals surface area contributed by atoms with E-state index in [1.165, 1.54) is 28.9 Å². The van der Waals surface area contributed by atoms with Gasteiger partial charge in [-0.25, -0.2) is 9.48 Å². The molecule has 3 rings (SSSR count). The SMILES string of the molecule is O=C(NCC(F)(F)F)c1ccc(-n2nnc(C(=O)NC3CCOC3=O)c2CCCCF)cc1. The van der Waals surface area contributed by atoms with E-state index in [1.54, 1.807) is 5.32 Å². The molecule has 0 saturated carbocycles. The highest BCUT2D eigenvalue weighted by Gasteiger charge is 2.31. The summed E-state index contributed by atoms with van der Waals surface area (Å²) in [5, 5.41) is 12.2. The van der Waals surface area contributed by atoms with Gasteiger partial charge in [-0.3, -0.25) is 14.0 Å². The average Bonchev–Trinajstić information content (AvgIpc) is 3.38. The monoisotopic (exact) mass is 471 g/mol. The lowest BCUT2D eigenvalue weighted by atomic mass is 10.1. The molecule has 1 aromatic heterocycles. The van der Waals surface area contributed by atoms with Crippen LogP contribution in [0.1, 0.15) is 45.8 Å². The molecular weight excluding hydrogens is 450 g/mol. The number of amides is 2. The number of unbranched alkanes of at least 4 members (excludes halogenated alkanes) is 1. The summed E-state index contributed by atoms with van der Waals surface area (Å²) in [6, 6.07) is 4.69. The highest BCUT2D eigenvalue weighted by molar-refractivity contribution is 5.96. The van der Waals surface area contributed by atoms with Crippen LogP contribution in [0.2, 0.25) is 0 Å². The van der Waals surface area contributed by atoms with E-state index >= 15 is 0 Å². The van der Waals surface area contributed by atoms with E-state index in [-0.39, 0.29) is 30.7 Å². The van der Waals surface area contributed by atoms with Gasteiger partial charge in [-0.05, 0) is 43.5 Å². The Labute approximate surface area is 185 Å². The fourth-order valence-electron chi connectivity index (χ4n) is 3.19. The minimum absolute atomic E-state index is 0.000179. The zero-order valence-corrected chi connectivity index (χ0v) is 17.3. The Kier molecular flexibility index (Phi) is 7.61. The van der Waals surface area contributed by atoms with Crippen molar-refractivity contribution in [2.24, 2.45) is 0 Å². The van der Waals surface area contributed by atoms with Gasteiger partial charge in [0, 0.05) is 12.0 Å². The van der Waals surface area contributed by atoms with Crippen molar-refractivity contribution < 1.29 is 36.7 Å². The highest BCUT2D eigenvalue weighted by Crippen LogP contribution is 2.18. The highest BCUT2D eigenvalue weighted by atomic mass is 19.4. The van der Waals surface area contributed by atoms with Crippen molar-refractivity contribution in [2.75, 3.05) is 19.8 Å². The summed E-state index contributed by atoms with van der Waals surface area (Å²) >= 11 is 0. The molecule has 0 bridgehead atoms. The zero-order chi connectivity index (χ0) is 24.0. The minimum Gasteiger partial charge on any atom is -0.464 e.